The number of carbonyl (C=O) groups excluding carboxylic acids is 1. The van der Waals surface area contributed by atoms with E-state index in [1.54, 1.807) is 25.3 Å². The number of hydrogen-bond donors (Lipinski definition) is 2. The van der Waals surface area contributed by atoms with Crippen molar-refractivity contribution in [1.82, 2.24) is 4.98 Å². The first-order valence-corrected chi connectivity index (χ1v) is 6.37. The molecule has 0 aromatic carbocycles. The number of pyridine rings is 1. The van der Waals surface area contributed by atoms with Crippen molar-refractivity contribution in [2.45, 2.75) is 33.2 Å². The largest absolute Gasteiger partial charge is 0.478 e. The van der Waals surface area contributed by atoms with Crippen molar-refractivity contribution in [3.8, 4) is 5.88 Å². The van der Waals surface area contributed by atoms with E-state index in [1.165, 1.54) is 0 Å². The second-order valence-corrected chi connectivity index (χ2v) is 4.04. The highest BCUT2D eigenvalue weighted by atomic mass is 16.5. The summed E-state index contributed by atoms with van der Waals surface area (Å²) >= 11 is 0. The molecule has 0 amide bonds. The van der Waals surface area contributed by atoms with Gasteiger partial charge < -0.3 is 20.9 Å². The zero-order valence-corrected chi connectivity index (χ0v) is 11.2. The summed E-state index contributed by atoms with van der Waals surface area (Å²) < 4.78 is 10.2. The molecule has 0 fully saturated rings. The summed E-state index contributed by atoms with van der Waals surface area (Å²) in [5.74, 6) is 0.221. The van der Waals surface area contributed by atoms with Gasteiger partial charge in [0, 0.05) is 18.3 Å². The van der Waals surface area contributed by atoms with Crippen LogP contribution in [0.2, 0.25) is 0 Å². The Bertz CT molecular complexity index is 382. The van der Waals surface area contributed by atoms with Crippen LogP contribution >= 0.6 is 0 Å². The van der Waals surface area contributed by atoms with E-state index in [2.05, 4.69) is 4.98 Å². The lowest BCUT2D eigenvalue weighted by atomic mass is 10.1. The summed E-state index contributed by atoms with van der Waals surface area (Å²) in [7, 11) is 0. The Labute approximate surface area is 120 Å². The molecule has 4 N–H and O–H groups in total. The molecule has 1 aromatic rings. The summed E-state index contributed by atoms with van der Waals surface area (Å²) in [6.45, 7) is 3.25. The maximum absolute atomic E-state index is 11.3. The maximum atomic E-state index is 11.3. The number of rotatable bonds is 8. The van der Waals surface area contributed by atoms with Gasteiger partial charge in [-0.2, -0.15) is 0 Å². The highest BCUT2D eigenvalue weighted by Crippen LogP contribution is 2.16. The van der Waals surface area contributed by atoms with E-state index in [1.807, 2.05) is 0 Å². The van der Waals surface area contributed by atoms with Gasteiger partial charge >= 0.3 is 5.97 Å². The Morgan fingerprint density at radius 3 is 2.75 bits per heavy atom. The first kappa shape index (κ1) is 18.3. The predicted octanol–water partition coefficient (Wildman–Crippen LogP) is 1.40. The third-order valence-corrected chi connectivity index (χ3v) is 2.48. The first-order chi connectivity index (χ1) is 9.17. The third-order valence-electron chi connectivity index (χ3n) is 2.48. The van der Waals surface area contributed by atoms with E-state index in [-0.39, 0.29) is 19.8 Å². The van der Waals surface area contributed by atoms with E-state index in [0.29, 0.717) is 25.6 Å². The number of hydrogen-bond acceptors (Lipinski definition) is 6. The molecule has 0 aliphatic rings. The van der Waals surface area contributed by atoms with E-state index in [4.69, 9.17) is 20.9 Å². The van der Waals surface area contributed by atoms with Crippen LogP contribution in [0, 0.1) is 0 Å². The molecule has 6 heteroatoms. The second-order valence-electron chi connectivity index (χ2n) is 4.04. The van der Waals surface area contributed by atoms with Gasteiger partial charge in [0.05, 0.1) is 19.6 Å². The van der Waals surface area contributed by atoms with Crippen molar-refractivity contribution in [2.75, 3.05) is 19.8 Å². The highest BCUT2D eigenvalue weighted by molar-refractivity contribution is 5.70. The molecule has 0 aliphatic heterocycles. The minimum Gasteiger partial charge on any atom is -0.478 e. The van der Waals surface area contributed by atoms with Crippen molar-refractivity contribution in [1.29, 1.82) is 0 Å². The number of nitrogens with two attached hydrogens (primary N) is 2. The molecule has 0 radical (unpaired) electrons. The van der Waals surface area contributed by atoms with Gasteiger partial charge in [-0.25, -0.2) is 4.98 Å². The van der Waals surface area contributed by atoms with E-state index >= 15 is 0 Å². The second kappa shape index (κ2) is 10.2. The van der Waals surface area contributed by atoms with Crippen LogP contribution in [0.1, 0.15) is 38.8 Å². The number of ether oxygens (including phenoxy) is 2. The number of esters is 1. The summed E-state index contributed by atoms with van der Waals surface area (Å²) in [6, 6.07) is 3.12. The minimum absolute atomic E-state index is 0. The first-order valence-electron chi connectivity index (χ1n) is 6.37. The fraction of sp³-hybridized carbons (Fsp3) is 0.571. The van der Waals surface area contributed by atoms with Crippen molar-refractivity contribution in [3.63, 3.8) is 0 Å². The number of nitrogens with zero attached hydrogens (tertiary/aromatic N) is 1. The molecule has 0 bridgehead atoms. The molecule has 1 rings (SSSR count). The van der Waals surface area contributed by atoms with Gasteiger partial charge in [-0.05, 0) is 25.5 Å². The molecule has 0 saturated heterocycles. The molecule has 6 nitrogen and oxygen atoms in total. The third kappa shape index (κ3) is 6.49. The Hall–Kier alpha value is -1.66. The summed E-state index contributed by atoms with van der Waals surface area (Å²) in [6.07, 6.45) is 2.54. The molecular weight excluding hydrogens is 258 g/mol. The van der Waals surface area contributed by atoms with E-state index in [9.17, 15) is 4.79 Å². The van der Waals surface area contributed by atoms with Gasteiger partial charge in [0.15, 0.2) is 0 Å². The summed E-state index contributed by atoms with van der Waals surface area (Å²) in [4.78, 5) is 15.4. The number of aromatic nitrogens is 1. The van der Waals surface area contributed by atoms with Crippen molar-refractivity contribution in [3.05, 3.63) is 23.9 Å². The zero-order valence-electron chi connectivity index (χ0n) is 11.2. The molecule has 20 heavy (non-hydrogen) atoms. The monoisotopic (exact) mass is 283 g/mol. The predicted molar refractivity (Wildman–Crippen MR) is 78.3 cm³/mol. The normalized spacial score (nSPS) is 11.3. The molecule has 0 spiro atoms. The molecular formula is C14H25N3O3. The fourth-order valence-electron chi connectivity index (χ4n) is 1.47. The Morgan fingerprint density at radius 1 is 1.45 bits per heavy atom. The zero-order chi connectivity index (χ0) is 14.1. The van der Waals surface area contributed by atoms with Crippen LogP contribution in [0.5, 0.6) is 5.88 Å². The average molecular weight is 283 g/mol. The van der Waals surface area contributed by atoms with Gasteiger partial charge in [-0.3, -0.25) is 4.79 Å². The molecule has 0 saturated carbocycles. The smallest absolute Gasteiger partial charge is 0.307 e. The van der Waals surface area contributed by atoms with Crippen LogP contribution in [0.25, 0.3) is 0 Å². The quantitative estimate of drug-likeness (QED) is 0.552. The molecule has 0 aliphatic carbocycles. The van der Waals surface area contributed by atoms with Crippen LogP contribution in [0.15, 0.2) is 18.3 Å². The van der Waals surface area contributed by atoms with Gasteiger partial charge in [0.25, 0.3) is 0 Å². The molecule has 1 atom stereocenters. The Morgan fingerprint density at radius 2 is 2.20 bits per heavy atom. The highest BCUT2D eigenvalue weighted by Gasteiger charge is 2.12. The van der Waals surface area contributed by atoms with Gasteiger partial charge in [0.2, 0.25) is 5.88 Å². The SMILES string of the molecule is C.CCOC(=O)C[C@H](N)c1ccc(OCCCN)nc1. The number of carbonyl (C=O) groups is 1. The lowest BCUT2D eigenvalue weighted by molar-refractivity contribution is -0.143. The van der Waals surface area contributed by atoms with E-state index < -0.39 is 6.04 Å². The van der Waals surface area contributed by atoms with Crippen LogP contribution in [0.4, 0.5) is 0 Å². The Kier molecular flexibility index (Phi) is 9.32. The van der Waals surface area contributed by atoms with Gasteiger partial charge in [-0.1, -0.05) is 13.5 Å². The van der Waals surface area contributed by atoms with Crippen molar-refractivity contribution in [2.24, 2.45) is 11.5 Å². The average Bonchev–Trinajstić information content (AvgIpc) is 2.40. The lowest BCUT2D eigenvalue weighted by Crippen LogP contribution is -2.17. The lowest BCUT2D eigenvalue weighted by Gasteiger charge is -2.11. The minimum atomic E-state index is -0.412. The van der Waals surface area contributed by atoms with Crippen molar-refractivity contribution < 1.29 is 14.3 Å². The topological polar surface area (TPSA) is 100 Å². The van der Waals surface area contributed by atoms with Crippen LogP contribution in [-0.2, 0) is 9.53 Å². The summed E-state index contributed by atoms with van der Waals surface area (Å²) in [5, 5.41) is 0. The molecule has 114 valence electrons. The van der Waals surface area contributed by atoms with Crippen LogP contribution in [-0.4, -0.2) is 30.7 Å². The fourth-order valence-corrected chi connectivity index (χ4v) is 1.47. The molecule has 1 heterocycles. The Balaban J connectivity index is 0.00000361. The van der Waals surface area contributed by atoms with E-state index in [0.717, 1.165) is 12.0 Å². The standard InChI is InChI=1S/C13H21N3O3.CH4/c1-2-18-13(17)8-11(15)10-4-5-12(16-9-10)19-7-3-6-14;/h4-5,9,11H,2-3,6-8,14-15H2,1H3;1H4/t11-;/m0./s1. The van der Waals surface area contributed by atoms with Crippen LogP contribution < -0.4 is 16.2 Å². The van der Waals surface area contributed by atoms with Crippen molar-refractivity contribution >= 4 is 5.97 Å². The maximum Gasteiger partial charge on any atom is 0.307 e. The van der Waals surface area contributed by atoms with Gasteiger partial charge in [-0.15, -0.1) is 0 Å². The summed E-state index contributed by atoms with van der Waals surface area (Å²) in [5.41, 5.74) is 12.0. The van der Waals surface area contributed by atoms with Gasteiger partial charge in [0.1, 0.15) is 0 Å². The van der Waals surface area contributed by atoms with Crippen LogP contribution in [0.3, 0.4) is 0 Å². The molecule has 0 unspecified atom stereocenters. The molecule has 1 aromatic heterocycles.